The highest BCUT2D eigenvalue weighted by Crippen LogP contribution is 2.22. The molecule has 1 saturated heterocycles. The summed E-state index contributed by atoms with van der Waals surface area (Å²) in [6.45, 7) is 2.87. The van der Waals surface area contributed by atoms with Crippen LogP contribution < -0.4 is 15.4 Å². The molecule has 0 spiro atoms. The Morgan fingerprint density at radius 2 is 1.63 bits per heavy atom. The largest absolute Gasteiger partial charge is 0.457 e. The number of carbonyl (C=O) groups is 2. The first-order valence-corrected chi connectivity index (χ1v) is 9.14. The van der Waals surface area contributed by atoms with Gasteiger partial charge in [0.2, 0.25) is 11.8 Å². The van der Waals surface area contributed by atoms with Gasteiger partial charge in [0.05, 0.1) is 0 Å². The van der Waals surface area contributed by atoms with Crippen LogP contribution in [0.3, 0.4) is 0 Å². The molecule has 27 heavy (non-hydrogen) atoms. The van der Waals surface area contributed by atoms with Crippen LogP contribution in [0.1, 0.15) is 19.8 Å². The molecule has 0 radical (unpaired) electrons. The van der Waals surface area contributed by atoms with Crippen LogP contribution in [0.2, 0.25) is 0 Å². The zero-order valence-corrected chi connectivity index (χ0v) is 15.3. The van der Waals surface area contributed by atoms with Gasteiger partial charge in [-0.15, -0.1) is 0 Å². The van der Waals surface area contributed by atoms with Crippen molar-refractivity contribution >= 4 is 17.5 Å². The fourth-order valence-corrected chi connectivity index (χ4v) is 2.84. The van der Waals surface area contributed by atoms with E-state index in [9.17, 15) is 9.59 Å². The van der Waals surface area contributed by atoms with Crippen LogP contribution in [0, 0.1) is 5.92 Å². The summed E-state index contributed by atoms with van der Waals surface area (Å²) in [7, 11) is 0. The molecule has 1 fully saturated rings. The summed E-state index contributed by atoms with van der Waals surface area (Å²) in [5.41, 5.74) is 0.646. The quantitative estimate of drug-likeness (QED) is 0.820. The zero-order chi connectivity index (χ0) is 19.1. The predicted octanol–water partition coefficient (Wildman–Crippen LogP) is 3.35. The lowest BCUT2D eigenvalue weighted by Gasteiger charge is -2.23. The molecule has 2 aromatic rings. The number of para-hydroxylation sites is 1. The number of rotatable bonds is 6. The molecule has 2 N–H and O–H groups in total. The van der Waals surface area contributed by atoms with Crippen LogP contribution in [0.15, 0.2) is 54.6 Å². The Labute approximate surface area is 158 Å². The second kappa shape index (κ2) is 9.19. The van der Waals surface area contributed by atoms with Crippen LogP contribution in [-0.2, 0) is 14.3 Å². The van der Waals surface area contributed by atoms with E-state index in [0.717, 1.165) is 5.75 Å². The van der Waals surface area contributed by atoms with Gasteiger partial charge in [-0.05, 0) is 56.2 Å². The Kier molecular flexibility index (Phi) is 6.44. The van der Waals surface area contributed by atoms with E-state index in [1.807, 2.05) is 30.3 Å². The van der Waals surface area contributed by atoms with Crippen LogP contribution >= 0.6 is 0 Å². The maximum Gasteiger partial charge on any atom is 0.246 e. The van der Waals surface area contributed by atoms with Gasteiger partial charge in [-0.2, -0.15) is 0 Å². The molecule has 3 rings (SSSR count). The van der Waals surface area contributed by atoms with E-state index >= 15 is 0 Å². The summed E-state index contributed by atoms with van der Waals surface area (Å²) in [6, 6.07) is 16.0. The highest BCUT2D eigenvalue weighted by atomic mass is 16.5. The van der Waals surface area contributed by atoms with Crippen molar-refractivity contribution in [3.8, 4) is 11.5 Å². The van der Waals surface area contributed by atoms with E-state index in [1.54, 1.807) is 31.2 Å². The van der Waals surface area contributed by atoms with Crippen molar-refractivity contribution in [2.75, 3.05) is 18.5 Å². The summed E-state index contributed by atoms with van der Waals surface area (Å²) >= 11 is 0. The minimum atomic E-state index is -0.611. The fraction of sp³-hybridized carbons (Fsp3) is 0.333. The van der Waals surface area contributed by atoms with Crippen molar-refractivity contribution in [3.05, 3.63) is 54.6 Å². The molecule has 0 aromatic heterocycles. The molecule has 6 heteroatoms. The van der Waals surface area contributed by atoms with Crippen molar-refractivity contribution in [1.82, 2.24) is 5.32 Å². The zero-order valence-electron chi connectivity index (χ0n) is 15.3. The van der Waals surface area contributed by atoms with E-state index in [1.165, 1.54) is 0 Å². The van der Waals surface area contributed by atoms with Gasteiger partial charge in [-0.3, -0.25) is 9.59 Å². The van der Waals surface area contributed by atoms with Gasteiger partial charge < -0.3 is 20.1 Å². The maximum absolute atomic E-state index is 12.3. The molecule has 1 heterocycles. The number of anilines is 1. The molecule has 0 bridgehead atoms. The van der Waals surface area contributed by atoms with Crippen molar-refractivity contribution in [3.63, 3.8) is 0 Å². The smallest absolute Gasteiger partial charge is 0.246 e. The van der Waals surface area contributed by atoms with E-state index < -0.39 is 6.04 Å². The van der Waals surface area contributed by atoms with Gasteiger partial charge >= 0.3 is 0 Å². The van der Waals surface area contributed by atoms with Gasteiger partial charge in [0.25, 0.3) is 0 Å². The fourth-order valence-electron chi connectivity index (χ4n) is 2.84. The van der Waals surface area contributed by atoms with E-state index in [2.05, 4.69) is 10.6 Å². The lowest BCUT2D eigenvalue weighted by atomic mass is 9.99. The maximum atomic E-state index is 12.3. The molecular weight excluding hydrogens is 344 g/mol. The topological polar surface area (TPSA) is 76.7 Å². The lowest BCUT2D eigenvalue weighted by molar-refractivity contribution is -0.131. The average molecular weight is 368 g/mol. The number of benzene rings is 2. The summed E-state index contributed by atoms with van der Waals surface area (Å²) in [5, 5.41) is 5.59. The second-order valence-corrected chi connectivity index (χ2v) is 6.55. The van der Waals surface area contributed by atoms with E-state index in [4.69, 9.17) is 9.47 Å². The number of ether oxygens (including phenoxy) is 2. The highest BCUT2D eigenvalue weighted by Gasteiger charge is 2.24. The second-order valence-electron chi connectivity index (χ2n) is 6.55. The van der Waals surface area contributed by atoms with Crippen molar-refractivity contribution in [2.45, 2.75) is 25.8 Å². The van der Waals surface area contributed by atoms with E-state index in [-0.39, 0.29) is 17.7 Å². The van der Waals surface area contributed by atoms with Crippen LogP contribution in [-0.4, -0.2) is 31.1 Å². The molecule has 1 aliphatic rings. The SMILES string of the molecule is C[C@H](NC(=O)C1CCOCC1)C(=O)Nc1ccc(Oc2ccccc2)cc1. The number of carbonyl (C=O) groups excluding carboxylic acids is 2. The van der Waals surface area contributed by atoms with E-state index in [0.29, 0.717) is 37.5 Å². The number of nitrogens with one attached hydrogen (secondary N) is 2. The van der Waals surface area contributed by atoms with Gasteiger partial charge in [0, 0.05) is 24.8 Å². The number of hydrogen-bond acceptors (Lipinski definition) is 4. The van der Waals surface area contributed by atoms with Crippen molar-refractivity contribution in [1.29, 1.82) is 0 Å². The Bertz CT molecular complexity index is 756. The minimum Gasteiger partial charge on any atom is -0.457 e. The third kappa shape index (κ3) is 5.56. The molecule has 0 saturated carbocycles. The average Bonchev–Trinajstić information content (AvgIpc) is 2.71. The number of hydrogen-bond donors (Lipinski definition) is 2. The van der Waals surface area contributed by atoms with Gasteiger partial charge in [-0.1, -0.05) is 18.2 Å². The Hall–Kier alpha value is -2.86. The molecule has 6 nitrogen and oxygen atoms in total. The Morgan fingerprint density at radius 1 is 1.00 bits per heavy atom. The predicted molar refractivity (Wildman–Crippen MR) is 103 cm³/mol. The Balaban J connectivity index is 1.50. The summed E-state index contributed by atoms with van der Waals surface area (Å²) in [4.78, 5) is 24.5. The first-order valence-electron chi connectivity index (χ1n) is 9.14. The van der Waals surface area contributed by atoms with Crippen molar-refractivity contribution < 1.29 is 19.1 Å². The molecule has 2 aromatic carbocycles. The molecule has 0 aliphatic carbocycles. The normalized spacial score (nSPS) is 15.6. The lowest BCUT2D eigenvalue weighted by Crippen LogP contribution is -2.45. The van der Waals surface area contributed by atoms with Gasteiger partial charge in [0.1, 0.15) is 17.5 Å². The monoisotopic (exact) mass is 368 g/mol. The summed E-state index contributed by atoms with van der Waals surface area (Å²) < 4.78 is 11.0. The highest BCUT2D eigenvalue weighted by molar-refractivity contribution is 5.97. The molecule has 1 aliphatic heterocycles. The molecule has 0 unspecified atom stereocenters. The standard InChI is InChI=1S/C21H24N2O4/c1-15(22-21(25)16-11-13-26-14-12-16)20(24)23-17-7-9-19(10-8-17)27-18-5-3-2-4-6-18/h2-10,15-16H,11-14H2,1H3,(H,22,25)(H,23,24)/t15-/m0/s1. The summed E-state index contributed by atoms with van der Waals surface area (Å²) in [6.07, 6.45) is 1.39. The molecule has 1 atom stereocenters. The summed E-state index contributed by atoms with van der Waals surface area (Å²) in [5.74, 6) is 1.00. The Morgan fingerprint density at radius 3 is 2.30 bits per heavy atom. The number of amides is 2. The van der Waals surface area contributed by atoms with Gasteiger partial charge in [-0.25, -0.2) is 0 Å². The van der Waals surface area contributed by atoms with Crippen LogP contribution in [0.25, 0.3) is 0 Å². The third-order valence-electron chi connectivity index (χ3n) is 4.44. The van der Waals surface area contributed by atoms with Crippen LogP contribution in [0.4, 0.5) is 5.69 Å². The van der Waals surface area contributed by atoms with Crippen molar-refractivity contribution in [2.24, 2.45) is 5.92 Å². The first-order chi connectivity index (χ1) is 13.1. The molecule has 2 amide bonds. The third-order valence-corrected chi connectivity index (χ3v) is 4.44. The first kappa shape index (κ1) is 18.9. The van der Waals surface area contributed by atoms with Crippen LogP contribution in [0.5, 0.6) is 11.5 Å². The van der Waals surface area contributed by atoms with Gasteiger partial charge in [0.15, 0.2) is 0 Å². The minimum absolute atomic E-state index is 0.0802. The molecular formula is C21H24N2O4. The molecule has 142 valence electrons.